The van der Waals surface area contributed by atoms with Crippen LogP contribution in [0.25, 0.3) is 0 Å². The van der Waals surface area contributed by atoms with Crippen molar-refractivity contribution in [2.75, 3.05) is 132 Å². The van der Waals surface area contributed by atoms with E-state index in [9.17, 15) is 4.79 Å². The molecule has 1 N–H and O–H groups in total. The molecule has 0 fully saturated rings. The molecule has 0 saturated heterocycles. The molecule has 0 saturated carbocycles. The normalized spacial score (nSPS) is 11.5. The van der Waals surface area contributed by atoms with E-state index in [2.05, 4.69) is 6.92 Å². The number of carboxylic acids is 1. The molecule has 0 aliphatic rings. The van der Waals surface area contributed by atoms with E-state index in [0.717, 1.165) is 13.0 Å². The first kappa shape index (κ1) is 41.1. The van der Waals surface area contributed by atoms with Gasteiger partial charge in [-0.1, -0.05) is 51.9 Å². The van der Waals surface area contributed by atoms with Crippen LogP contribution in [-0.4, -0.2) is 143 Å². The second-order valence-electron chi connectivity index (χ2n) is 9.43. The van der Waals surface area contributed by atoms with Gasteiger partial charge in [0.1, 0.15) is 6.61 Å². The lowest BCUT2D eigenvalue weighted by Crippen LogP contribution is -2.15. The minimum absolute atomic E-state index is 0.247. The number of ether oxygens (including phenoxy) is 10. The van der Waals surface area contributed by atoms with E-state index in [1.165, 1.54) is 44.9 Å². The van der Waals surface area contributed by atoms with Crippen molar-refractivity contribution in [3.63, 3.8) is 0 Å². The van der Waals surface area contributed by atoms with Crippen molar-refractivity contribution < 1.29 is 57.3 Å². The molecular formula is C30H60O12. The standard InChI is InChI=1S/C30H60O12/c1-2-3-4-5-6-7-8-9-10-33-11-12-34-13-14-35-15-16-36-17-18-37-19-20-38-21-22-39-23-24-40-25-26-41-27-28-42-29-30(31)32/h2-29H2,1H3,(H,31,32). The van der Waals surface area contributed by atoms with Gasteiger partial charge in [-0.15, -0.1) is 0 Å². The summed E-state index contributed by atoms with van der Waals surface area (Å²) in [5, 5.41) is 8.42. The lowest BCUT2D eigenvalue weighted by Gasteiger charge is -2.09. The Morgan fingerprint density at radius 2 is 0.595 bits per heavy atom. The monoisotopic (exact) mass is 612 g/mol. The van der Waals surface area contributed by atoms with Gasteiger partial charge in [-0.2, -0.15) is 0 Å². The van der Waals surface area contributed by atoms with Gasteiger partial charge in [0.05, 0.1) is 119 Å². The van der Waals surface area contributed by atoms with Crippen LogP contribution in [0.4, 0.5) is 0 Å². The molecule has 0 spiro atoms. The Balaban J connectivity index is 3.03. The van der Waals surface area contributed by atoms with Crippen LogP contribution in [0, 0.1) is 0 Å². The molecule has 0 rings (SSSR count). The Morgan fingerprint density at radius 3 is 0.881 bits per heavy atom. The third-order valence-corrected chi connectivity index (χ3v) is 5.72. The Labute approximate surface area is 253 Å². The van der Waals surface area contributed by atoms with Gasteiger partial charge in [-0.3, -0.25) is 0 Å². The van der Waals surface area contributed by atoms with Crippen molar-refractivity contribution in [2.24, 2.45) is 0 Å². The fourth-order valence-corrected chi connectivity index (χ4v) is 3.48. The third-order valence-electron chi connectivity index (χ3n) is 5.72. The first-order valence-electron chi connectivity index (χ1n) is 15.8. The quantitative estimate of drug-likeness (QED) is 0.103. The van der Waals surface area contributed by atoms with Gasteiger partial charge in [0, 0.05) is 6.61 Å². The summed E-state index contributed by atoms with van der Waals surface area (Å²) in [7, 11) is 0. The number of carbonyl (C=O) groups is 1. The molecule has 0 bridgehead atoms. The van der Waals surface area contributed by atoms with Crippen LogP contribution in [0.5, 0.6) is 0 Å². The molecule has 0 aromatic heterocycles. The molecular weight excluding hydrogens is 552 g/mol. The summed E-state index contributed by atoms with van der Waals surface area (Å²) in [6.07, 6.45) is 10.5. The summed E-state index contributed by atoms with van der Waals surface area (Å²) < 4.78 is 53.9. The van der Waals surface area contributed by atoms with Crippen molar-refractivity contribution in [3.8, 4) is 0 Å². The maximum Gasteiger partial charge on any atom is 0.329 e. The molecule has 0 amide bonds. The molecule has 252 valence electrons. The number of aliphatic carboxylic acids is 1. The maximum atomic E-state index is 10.3. The van der Waals surface area contributed by atoms with E-state index in [4.69, 9.17) is 52.5 Å². The smallest absolute Gasteiger partial charge is 0.329 e. The third kappa shape index (κ3) is 39.1. The molecule has 12 nitrogen and oxygen atoms in total. The SMILES string of the molecule is CCCCCCCCCCOCCOCCOCCOCCOCCOCCOCCOCCOCCOCC(=O)O. The van der Waals surface area contributed by atoms with Crippen LogP contribution >= 0.6 is 0 Å². The average Bonchev–Trinajstić information content (AvgIpc) is 2.98. The summed E-state index contributed by atoms with van der Waals surface area (Å²) in [5.74, 6) is -0.991. The van der Waals surface area contributed by atoms with Gasteiger partial charge in [-0.05, 0) is 6.42 Å². The second-order valence-corrected chi connectivity index (χ2v) is 9.43. The summed E-state index contributed by atoms with van der Waals surface area (Å²) in [4.78, 5) is 10.3. The van der Waals surface area contributed by atoms with Crippen LogP contribution in [0.2, 0.25) is 0 Å². The van der Waals surface area contributed by atoms with E-state index in [1.54, 1.807) is 0 Å². The van der Waals surface area contributed by atoms with Gasteiger partial charge in [0.2, 0.25) is 0 Å². The van der Waals surface area contributed by atoms with Crippen LogP contribution < -0.4 is 0 Å². The maximum absolute atomic E-state index is 10.3. The first-order valence-corrected chi connectivity index (χ1v) is 15.8. The van der Waals surface area contributed by atoms with Crippen molar-refractivity contribution in [3.05, 3.63) is 0 Å². The van der Waals surface area contributed by atoms with Crippen LogP contribution in [-0.2, 0) is 52.2 Å². The fraction of sp³-hybridized carbons (Fsp3) is 0.967. The molecule has 0 atom stereocenters. The first-order chi connectivity index (χ1) is 20.8. The van der Waals surface area contributed by atoms with Crippen molar-refractivity contribution >= 4 is 5.97 Å². The van der Waals surface area contributed by atoms with E-state index in [0.29, 0.717) is 112 Å². The highest BCUT2D eigenvalue weighted by Gasteiger charge is 1.98. The van der Waals surface area contributed by atoms with Crippen molar-refractivity contribution in [1.29, 1.82) is 0 Å². The summed E-state index contributed by atoms with van der Waals surface area (Å²) in [5.41, 5.74) is 0. The van der Waals surface area contributed by atoms with Gasteiger partial charge in [0.15, 0.2) is 0 Å². The second kappa shape index (κ2) is 38.1. The molecule has 0 radical (unpaired) electrons. The highest BCUT2D eigenvalue weighted by atomic mass is 16.6. The molecule has 0 aromatic carbocycles. The highest BCUT2D eigenvalue weighted by molar-refractivity contribution is 5.67. The lowest BCUT2D eigenvalue weighted by molar-refractivity contribution is -0.142. The van der Waals surface area contributed by atoms with Crippen LogP contribution in [0.15, 0.2) is 0 Å². The van der Waals surface area contributed by atoms with Gasteiger partial charge >= 0.3 is 5.97 Å². The van der Waals surface area contributed by atoms with Crippen LogP contribution in [0.3, 0.4) is 0 Å². The van der Waals surface area contributed by atoms with Crippen LogP contribution in [0.1, 0.15) is 58.3 Å². The number of hydrogen-bond acceptors (Lipinski definition) is 11. The summed E-state index contributed by atoms with van der Waals surface area (Å²) in [6.45, 7) is 11.6. The summed E-state index contributed by atoms with van der Waals surface area (Å²) in [6, 6.07) is 0. The zero-order chi connectivity index (χ0) is 30.4. The molecule has 42 heavy (non-hydrogen) atoms. The van der Waals surface area contributed by atoms with Gasteiger partial charge in [-0.25, -0.2) is 4.79 Å². The summed E-state index contributed by atoms with van der Waals surface area (Å²) >= 11 is 0. The lowest BCUT2D eigenvalue weighted by atomic mass is 10.1. The van der Waals surface area contributed by atoms with Crippen molar-refractivity contribution in [2.45, 2.75) is 58.3 Å². The highest BCUT2D eigenvalue weighted by Crippen LogP contribution is 2.08. The minimum Gasteiger partial charge on any atom is -0.480 e. The predicted molar refractivity (Wildman–Crippen MR) is 158 cm³/mol. The molecule has 12 heteroatoms. The molecule has 0 aliphatic carbocycles. The molecule has 0 unspecified atom stereocenters. The van der Waals surface area contributed by atoms with E-state index in [-0.39, 0.29) is 13.2 Å². The largest absolute Gasteiger partial charge is 0.480 e. The van der Waals surface area contributed by atoms with Crippen molar-refractivity contribution in [1.82, 2.24) is 0 Å². The van der Waals surface area contributed by atoms with Gasteiger partial charge < -0.3 is 52.5 Å². The minimum atomic E-state index is -0.991. The molecule has 0 heterocycles. The van der Waals surface area contributed by atoms with E-state index in [1.807, 2.05) is 0 Å². The Bertz CT molecular complexity index is 513. The topological polar surface area (TPSA) is 130 Å². The van der Waals surface area contributed by atoms with Gasteiger partial charge in [0.25, 0.3) is 0 Å². The number of unbranched alkanes of at least 4 members (excludes halogenated alkanes) is 7. The fourth-order valence-electron chi connectivity index (χ4n) is 3.48. The Kier molecular flexibility index (Phi) is 37.3. The zero-order valence-corrected chi connectivity index (χ0v) is 26.2. The molecule has 0 aliphatic heterocycles. The average molecular weight is 613 g/mol. The number of carboxylic acid groups (broad SMARTS) is 1. The van der Waals surface area contributed by atoms with E-state index >= 15 is 0 Å². The predicted octanol–water partition coefficient (Wildman–Crippen LogP) is 3.38. The Hall–Kier alpha value is -0.930. The zero-order valence-electron chi connectivity index (χ0n) is 26.2. The number of rotatable bonds is 38. The number of hydrogen-bond donors (Lipinski definition) is 1. The Morgan fingerprint density at radius 1 is 0.357 bits per heavy atom. The molecule has 0 aromatic rings. The van der Waals surface area contributed by atoms with E-state index < -0.39 is 5.97 Å².